The standard InChI is InChI=1S/C44H43F3N8O5S/c1-26-2-11-38(43(57)50-26)55-24-30-20-32(7-8-33(30)44(55)58)53-18-16-52(17-19-53)14-12-27-3-5-28(6-4-27)29-21-34-35(23-49-42(34)48-22-29)41(56)39-36(46)9-10-37(40(39)47)51-61(59,60)54-15-13-31(45)25-54/h3-10,20-23,31,38,51H,1-2,11-19,24-25H2,(H,48,49)(H,50,57)/t31-,38?/m1/s1. The molecule has 316 valence electrons. The number of hydrogen-bond acceptors (Lipinski definition) is 8. The second kappa shape index (κ2) is 16.1. The molecule has 3 aromatic carbocycles. The van der Waals surface area contributed by atoms with Crippen molar-refractivity contribution in [1.82, 2.24) is 29.4 Å². The van der Waals surface area contributed by atoms with Crippen LogP contribution in [0.4, 0.5) is 24.5 Å². The van der Waals surface area contributed by atoms with Crippen LogP contribution in [0.15, 0.2) is 85.3 Å². The molecule has 9 rings (SSSR count). The van der Waals surface area contributed by atoms with Gasteiger partial charge in [-0.25, -0.2) is 18.2 Å². The monoisotopic (exact) mass is 852 g/mol. The Morgan fingerprint density at radius 3 is 2.48 bits per heavy atom. The molecule has 2 atom stereocenters. The SMILES string of the molecule is C=C1CCC(N2Cc3cc(N4CCN(CCc5ccc(-c6cnc7[nH]cc(C(=O)c8c(F)ccc(NS(=O)(=O)N9CC[C@@H](F)C9)c8F)c7c6)cc5)CC4)ccc3C2=O)C(=O)N1. The number of piperidine rings is 1. The van der Waals surface area contributed by atoms with E-state index in [1.54, 1.807) is 17.2 Å². The van der Waals surface area contributed by atoms with Crippen LogP contribution in [0.5, 0.6) is 0 Å². The number of amides is 2. The van der Waals surface area contributed by atoms with Gasteiger partial charge in [0.1, 0.15) is 23.7 Å². The summed E-state index contributed by atoms with van der Waals surface area (Å²) in [5, 5.41) is 3.12. The number of carbonyl (C=O) groups is 3. The number of aromatic nitrogens is 2. The Balaban J connectivity index is 0.815. The number of halogens is 3. The Labute approximate surface area is 350 Å². The van der Waals surface area contributed by atoms with Gasteiger partial charge in [-0.15, -0.1) is 0 Å². The molecular formula is C44H43F3N8O5S. The highest BCUT2D eigenvalue weighted by Gasteiger charge is 2.38. The van der Waals surface area contributed by atoms with Gasteiger partial charge < -0.3 is 20.1 Å². The van der Waals surface area contributed by atoms with Crippen LogP contribution in [0.25, 0.3) is 22.2 Å². The summed E-state index contributed by atoms with van der Waals surface area (Å²) < 4.78 is 72.9. The Morgan fingerprint density at radius 1 is 0.951 bits per heavy atom. The molecule has 2 amide bonds. The number of benzene rings is 3. The van der Waals surface area contributed by atoms with Crippen LogP contribution < -0.4 is 14.9 Å². The number of rotatable bonds is 11. The first-order chi connectivity index (χ1) is 29.3. The zero-order valence-electron chi connectivity index (χ0n) is 33.1. The van der Waals surface area contributed by atoms with E-state index in [0.29, 0.717) is 47.2 Å². The summed E-state index contributed by atoms with van der Waals surface area (Å²) in [7, 11) is -4.35. The molecule has 61 heavy (non-hydrogen) atoms. The summed E-state index contributed by atoms with van der Waals surface area (Å²) in [5.74, 6) is -3.84. The van der Waals surface area contributed by atoms with Crippen LogP contribution in [0.2, 0.25) is 0 Å². The molecule has 0 radical (unpaired) electrons. The number of piperazine rings is 1. The second-order valence-electron chi connectivity index (χ2n) is 16.0. The summed E-state index contributed by atoms with van der Waals surface area (Å²) in [6, 6.07) is 16.9. The van der Waals surface area contributed by atoms with E-state index in [9.17, 15) is 27.2 Å². The average Bonchev–Trinajstić information content (AvgIpc) is 3.98. The number of aromatic amines is 1. The number of fused-ring (bicyclic) bond motifs is 2. The number of H-pyrrole nitrogens is 1. The Hall–Kier alpha value is -6.04. The third-order valence-corrected chi connectivity index (χ3v) is 13.6. The molecule has 3 fully saturated rings. The van der Waals surface area contributed by atoms with Crippen LogP contribution in [-0.2, 0) is 28.0 Å². The van der Waals surface area contributed by atoms with Crippen molar-refractivity contribution in [2.45, 2.75) is 44.4 Å². The number of alkyl halides is 1. The highest BCUT2D eigenvalue weighted by Crippen LogP contribution is 2.33. The van der Waals surface area contributed by atoms with Crippen molar-refractivity contribution in [2.24, 2.45) is 0 Å². The molecule has 5 aromatic rings. The minimum absolute atomic E-state index is 0.00410. The molecule has 13 nitrogen and oxygen atoms in total. The predicted octanol–water partition coefficient (Wildman–Crippen LogP) is 5.55. The molecule has 0 bridgehead atoms. The zero-order valence-corrected chi connectivity index (χ0v) is 33.9. The van der Waals surface area contributed by atoms with Crippen LogP contribution >= 0.6 is 0 Å². The first-order valence-electron chi connectivity index (χ1n) is 20.2. The van der Waals surface area contributed by atoms with Gasteiger partial charge in [0.25, 0.3) is 5.91 Å². The smallest absolute Gasteiger partial charge is 0.301 e. The predicted molar refractivity (Wildman–Crippen MR) is 224 cm³/mol. The van der Waals surface area contributed by atoms with E-state index in [2.05, 4.69) is 37.7 Å². The molecule has 1 unspecified atom stereocenters. The van der Waals surface area contributed by atoms with Crippen molar-refractivity contribution in [1.29, 1.82) is 0 Å². The van der Waals surface area contributed by atoms with E-state index in [1.807, 2.05) is 41.1 Å². The first-order valence-corrected chi connectivity index (χ1v) is 21.7. The summed E-state index contributed by atoms with van der Waals surface area (Å²) in [6.45, 7) is 8.08. The van der Waals surface area contributed by atoms with Gasteiger partial charge in [-0.3, -0.25) is 24.0 Å². The minimum Gasteiger partial charge on any atom is -0.369 e. The minimum atomic E-state index is -4.35. The summed E-state index contributed by atoms with van der Waals surface area (Å²) >= 11 is 0. The number of nitrogens with one attached hydrogen (secondary N) is 3. The molecule has 6 heterocycles. The fourth-order valence-electron chi connectivity index (χ4n) is 8.65. The van der Waals surface area contributed by atoms with E-state index in [0.717, 1.165) is 78.0 Å². The van der Waals surface area contributed by atoms with Crippen molar-refractivity contribution >= 4 is 50.2 Å². The fourth-order valence-corrected chi connectivity index (χ4v) is 9.92. The van der Waals surface area contributed by atoms with Crippen molar-refractivity contribution < 1.29 is 36.0 Å². The number of allylic oxidation sites excluding steroid dienone is 1. The highest BCUT2D eigenvalue weighted by molar-refractivity contribution is 7.90. The third-order valence-electron chi connectivity index (χ3n) is 12.1. The van der Waals surface area contributed by atoms with Gasteiger partial charge in [0.2, 0.25) is 11.7 Å². The second-order valence-corrected chi connectivity index (χ2v) is 17.7. The Bertz CT molecular complexity index is 2700. The lowest BCUT2D eigenvalue weighted by molar-refractivity contribution is -0.126. The van der Waals surface area contributed by atoms with Crippen LogP contribution in [0.3, 0.4) is 0 Å². The van der Waals surface area contributed by atoms with Gasteiger partial charge in [-0.2, -0.15) is 12.7 Å². The molecule has 3 N–H and O–H groups in total. The number of nitrogens with zero attached hydrogens (tertiary/aromatic N) is 5. The summed E-state index contributed by atoms with van der Waals surface area (Å²) in [4.78, 5) is 53.2. The van der Waals surface area contributed by atoms with Crippen molar-refractivity contribution in [3.05, 3.63) is 125 Å². The molecule has 3 saturated heterocycles. The summed E-state index contributed by atoms with van der Waals surface area (Å²) in [6.07, 6.45) is 3.67. The van der Waals surface area contributed by atoms with Gasteiger partial charge >= 0.3 is 10.2 Å². The molecule has 0 aliphatic carbocycles. The summed E-state index contributed by atoms with van der Waals surface area (Å²) in [5.41, 5.74) is 4.71. The molecule has 4 aliphatic heterocycles. The first kappa shape index (κ1) is 40.4. The van der Waals surface area contributed by atoms with Crippen LogP contribution in [-0.4, -0.2) is 108 Å². The quantitative estimate of drug-likeness (QED) is 0.147. The van der Waals surface area contributed by atoms with Gasteiger partial charge in [0, 0.05) is 98.2 Å². The lowest BCUT2D eigenvalue weighted by atomic mass is 9.99. The maximum Gasteiger partial charge on any atom is 0.301 e. The van der Waals surface area contributed by atoms with Crippen molar-refractivity contribution in [3.8, 4) is 11.1 Å². The number of pyridine rings is 1. The molecule has 2 aromatic heterocycles. The molecular weight excluding hydrogens is 810 g/mol. The largest absolute Gasteiger partial charge is 0.369 e. The van der Waals surface area contributed by atoms with E-state index in [1.165, 1.54) is 6.20 Å². The third kappa shape index (κ3) is 7.88. The molecule has 17 heteroatoms. The number of anilines is 2. The van der Waals surface area contributed by atoms with Crippen LogP contribution in [0.1, 0.15) is 56.7 Å². The van der Waals surface area contributed by atoms with Crippen molar-refractivity contribution in [2.75, 3.05) is 55.4 Å². The van der Waals surface area contributed by atoms with E-state index in [-0.39, 0.29) is 36.9 Å². The molecule has 0 saturated carbocycles. The van der Waals surface area contributed by atoms with Gasteiger partial charge in [0.15, 0.2) is 5.82 Å². The maximum atomic E-state index is 15.7. The van der Waals surface area contributed by atoms with Crippen molar-refractivity contribution in [3.63, 3.8) is 0 Å². The highest BCUT2D eigenvalue weighted by atomic mass is 32.2. The van der Waals surface area contributed by atoms with E-state index in [4.69, 9.17) is 0 Å². The van der Waals surface area contributed by atoms with Crippen LogP contribution in [0, 0.1) is 11.6 Å². The molecule has 4 aliphatic rings. The van der Waals surface area contributed by atoms with E-state index >= 15 is 8.78 Å². The zero-order chi connectivity index (χ0) is 42.6. The van der Waals surface area contributed by atoms with E-state index < -0.39 is 51.1 Å². The van der Waals surface area contributed by atoms with Gasteiger partial charge in [0.05, 0.1) is 11.3 Å². The number of hydrogen-bond donors (Lipinski definition) is 3. The average molecular weight is 853 g/mol. The van der Waals surface area contributed by atoms with Gasteiger partial charge in [-0.05, 0) is 78.8 Å². The topological polar surface area (TPSA) is 151 Å². The lowest BCUT2D eigenvalue weighted by Crippen LogP contribution is -2.49. The number of ketones is 1. The Morgan fingerprint density at radius 2 is 1.74 bits per heavy atom. The lowest BCUT2D eigenvalue weighted by Gasteiger charge is -2.36. The number of carbonyl (C=O) groups excluding carboxylic acids is 3. The normalized spacial score (nSPS) is 20.1. The molecule has 0 spiro atoms. The Kier molecular flexibility index (Phi) is 10.7. The fraction of sp³-hybridized carbons (Fsp3) is 0.318. The van der Waals surface area contributed by atoms with Gasteiger partial charge in [-0.1, -0.05) is 30.8 Å². The maximum absolute atomic E-state index is 15.7.